The zero-order chi connectivity index (χ0) is 26.2. The van der Waals surface area contributed by atoms with Crippen LogP contribution in [0.25, 0.3) is 10.9 Å². The number of benzene rings is 2. The molecule has 2 heterocycles. The van der Waals surface area contributed by atoms with Gasteiger partial charge in [0.05, 0.1) is 46.7 Å². The second-order valence-corrected chi connectivity index (χ2v) is 11.1. The Kier molecular flexibility index (Phi) is 6.76. The first-order valence-corrected chi connectivity index (χ1v) is 12.8. The lowest BCUT2D eigenvalue weighted by Crippen LogP contribution is -2.20. The highest BCUT2D eigenvalue weighted by Gasteiger charge is 2.28. The molecule has 8 nitrogen and oxygen atoms in total. The average Bonchev–Trinajstić information content (AvgIpc) is 3.62. The number of nitrogens with zero attached hydrogens (tertiary/aromatic N) is 5. The Hall–Kier alpha value is -3.67. The second kappa shape index (κ2) is 10.0. The first-order valence-electron chi connectivity index (χ1n) is 12.4. The standard InChI is InChI=1S/C28H30ClN7O/c1-28(2,3)16-32-25-18(12-30)13-31-26-22(25)10-19(11-23(26)29)33-27(21-7-5-4-6-17(21)15-37)24-14-36(35-34-24)20-8-9-20/h4-7,10-11,13-14,20,27,33,37H,8-9,15-16H2,1-3H3,(H,31,32). The number of rotatable bonds is 8. The Labute approximate surface area is 221 Å². The summed E-state index contributed by atoms with van der Waals surface area (Å²) in [5.74, 6) is 0. The molecule has 0 saturated heterocycles. The van der Waals surface area contributed by atoms with E-state index in [1.54, 1.807) is 6.20 Å². The molecule has 1 saturated carbocycles. The zero-order valence-corrected chi connectivity index (χ0v) is 21.9. The molecule has 1 fully saturated rings. The van der Waals surface area contributed by atoms with Crippen LogP contribution < -0.4 is 10.6 Å². The normalized spacial score (nSPS) is 14.4. The zero-order valence-electron chi connectivity index (χ0n) is 21.2. The summed E-state index contributed by atoms with van der Waals surface area (Å²) in [5.41, 5.74) is 4.99. The van der Waals surface area contributed by atoms with Gasteiger partial charge in [0.15, 0.2) is 0 Å². The predicted molar refractivity (Wildman–Crippen MR) is 146 cm³/mol. The van der Waals surface area contributed by atoms with Crippen molar-refractivity contribution in [2.24, 2.45) is 5.41 Å². The summed E-state index contributed by atoms with van der Waals surface area (Å²) in [5, 5.41) is 36.9. The topological polar surface area (TPSA) is 112 Å². The van der Waals surface area contributed by atoms with E-state index in [9.17, 15) is 10.4 Å². The molecular formula is C28H30ClN7O. The van der Waals surface area contributed by atoms with Crippen molar-refractivity contribution in [2.75, 3.05) is 17.2 Å². The largest absolute Gasteiger partial charge is 0.392 e. The first-order chi connectivity index (χ1) is 17.8. The third-order valence-electron chi connectivity index (χ3n) is 6.43. The van der Waals surface area contributed by atoms with Gasteiger partial charge in [0.2, 0.25) is 0 Å². The maximum atomic E-state index is 10.1. The summed E-state index contributed by atoms with van der Waals surface area (Å²) < 4.78 is 1.91. The van der Waals surface area contributed by atoms with E-state index in [0.29, 0.717) is 34.4 Å². The molecule has 37 heavy (non-hydrogen) atoms. The van der Waals surface area contributed by atoms with Gasteiger partial charge in [0, 0.05) is 23.8 Å². The number of halogens is 1. The van der Waals surface area contributed by atoms with Gasteiger partial charge in [-0.2, -0.15) is 5.26 Å². The van der Waals surface area contributed by atoms with Crippen LogP contribution in [-0.2, 0) is 6.61 Å². The minimum absolute atomic E-state index is 0.00839. The van der Waals surface area contributed by atoms with Crippen LogP contribution in [0, 0.1) is 16.7 Å². The van der Waals surface area contributed by atoms with E-state index in [1.165, 1.54) is 0 Å². The van der Waals surface area contributed by atoms with Gasteiger partial charge in [0.25, 0.3) is 0 Å². The van der Waals surface area contributed by atoms with E-state index in [4.69, 9.17) is 11.6 Å². The molecule has 1 aliphatic rings. The van der Waals surface area contributed by atoms with E-state index in [-0.39, 0.29) is 18.1 Å². The number of nitriles is 1. The Morgan fingerprint density at radius 1 is 1.24 bits per heavy atom. The number of aliphatic hydroxyl groups is 1. The van der Waals surface area contributed by atoms with Gasteiger partial charge in [-0.05, 0) is 41.5 Å². The molecule has 1 unspecified atom stereocenters. The van der Waals surface area contributed by atoms with Gasteiger partial charge in [0.1, 0.15) is 11.8 Å². The van der Waals surface area contributed by atoms with Crippen LogP contribution in [0.5, 0.6) is 0 Å². The lowest BCUT2D eigenvalue weighted by atomic mass is 9.96. The van der Waals surface area contributed by atoms with Crippen molar-refractivity contribution in [3.05, 3.63) is 76.2 Å². The molecule has 1 atom stereocenters. The maximum absolute atomic E-state index is 10.1. The van der Waals surface area contributed by atoms with Crippen molar-refractivity contribution >= 4 is 33.9 Å². The third kappa shape index (κ3) is 5.38. The van der Waals surface area contributed by atoms with Gasteiger partial charge in [-0.25, -0.2) is 4.68 Å². The van der Waals surface area contributed by atoms with Crippen LogP contribution in [-0.4, -0.2) is 31.6 Å². The number of hydrogen-bond acceptors (Lipinski definition) is 7. The maximum Gasteiger partial charge on any atom is 0.109 e. The monoisotopic (exact) mass is 515 g/mol. The summed E-state index contributed by atoms with van der Waals surface area (Å²) in [6.07, 6.45) is 5.74. The molecule has 9 heteroatoms. The number of aromatic nitrogens is 4. The van der Waals surface area contributed by atoms with E-state index >= 15 is 0 Å². The van der Waals surface area contributed by atoms with Crippen molar-refractivity contribution in [3.63, 3.8) is 0 Å². The van der Waals surface area contributed by atoms with Crippen molar-refractivity contribution in [1.29, 1.82) is 5.26 Å². The Morgan fingerprint density at radius 3 is 2.73 bits per heavy atom. The third-order valence-corrected chi connectivity index (χ3v) is 6.72. The molecule has 0 aliphatic heterocycles. The summed E-state index contributed by atoms with van der Waals surface area (Å²) in [7, 11) is 0. The number of fused-ring (bicyclic) bond motifs is 1. The Bertz CT molecular complexity index is 1480. The number of hydrogen-bond donors (Lipinski definition) is 3. The van der Waals surface area contributed by atoms with Gasteiger partial charge < -0.3 is 15.7 Å². The molecule has 2 aromatic carbocycles. The van der Waals surface area contributed by atoms with Crippen LogP contribution >= 0.6 is 11.6 Å². The van der Waals surface area contributed by atoms with Crippen LogP contribution in [0.4, 0.5) is 11.4 Å². The summed E-state index contributed by atoms with van der Waals surface area (Å²) >= 11 is 6.72. The Morgan fingerprint density at radius 2 is 2.03 bits per heavy atom. The van der Waals surface area contributed by atoms with Gasteiger partial charge in [-0.1, -0.05) is 61.9 Å². The first kappa shape index (κ1) is 25.0. The fourth-order valence-electron chi connectivity index (χ4n) is 4.35. The number of pyridine rings is 1. The quantitative estimate of drug-likeness (QED) is 0.270. The molecule has 4 aromatic rings. The summed E-state index contributed by atoms with van der Waals surface area (Å²) in [4.78, 5) is 4.47. The minimum Gasteiger partial charge on any atom is -0.392 e. The number of aliphatic hydroxyl groups excluding tert-OH is 1. The molecule has 0 radical (unpaired) electrons. The lowest BCUT2D eigenvalue weighted by molar-refractivity contribution is 0.280. The molecule has 2 aromatic heterocycles. The van der Waals surface area contributed by atoms with Crippen LogP contribution in [0.1, 0.15) is 68.1 Å². The molecule has 3 N–H and O–H groups in total. The Balaban J connectivity index is 1.60. The molecule has 190 valence electrons. The van der Waals surface area contributed by atoms with Gasteiger partial charge in [-0.3, -0.25) is 4.98 Å². The van der Waals surface area contributed by atoms with Crippen LogP contribution in [0.3, 0.4) is 0 Å². The van der Waals surface area contributed by atoms with Gasteiger partial charge >= 0.3 is 0 Å². The highest BCUT2D eigenvalue weighted by atomic mass is 35.5. The average molecular weight is 516 g/mol. The minimum atomic E-state index is -0.373. The SMILES string of the molecule is CC(C)(C)CNc1c(C#N)cnc2c(Cl)cc(NC(c3cn(C4CC4)nn3)c3ccccc3CO)cc12. The second-order valence-electron chi connectivity index (χ2n) is 10.7. The van der Waals surface area contributed by atoms with Crippen LogP contribution in [0.15, 0.2) is 48.8 Å². The lowest BCUT2D eigenvalue weighted by Gasteiger charge is -2.23. The van der Waals surface area contributed by atoms with E-state index in [1.807, 2.05) is 47.3 Å². The summed E-state index contributed by atoms with van der Waals surface area (Å²) in [6.45, 7) is 6.97. The molecule has 0 amide bonds. The highest BCUT2D eigenvalue weighted by molar-refractivity contribution is 6.35. The highest BCUT2D eigenvalue weighted by Crippen LogP contribution is 2.38. The predicted octanol–water partition coefficient (Wildman–Crippen LogP) is 5.84. The molecule has 0 spiro atoms. The van der Waals surface area contributed by atoms with Crippen molar-refractivity contribution < 1.29 is 5.11 Å². The molecule has 1 aliphatic carbocycles. The van der Waals surface area contributed by atoms with E-state index in [0.717, 1.165) is 40.7 Å². The van der Waals surface area contributed by atoms with Crippen LogP contribution in [0.2, 0.25) is 5.02 Å². The fraction of sp³-hybridized carbons (Fsp3) is 0.357. The smallest absolute Gasteiger partial charge is 0.109 e. The van der Waals surface area contributed by atoms with E-state index in [2.05, 4.69) is 52.8 Å². The molecular weight excluding hydrogens is 486 g/mol. The van der Waals surface area contributed by atoms with E-state index < -0.39 is 0 Å². The number of anilines is 2. The van der Waals surface area contributed by atoms with Crippen molar-refractivity contribution in [1.82, 2.24) is 20.0 Å². The molecule has 0 bridgehead atoms. The fourth-order valence-corrected chi connectivity index (χ4v) is 4.62. The number of nitrogens with one attached hydrogen (secondary N) is 2. The van der Waals surface area contributed by atoms with Gasteiger partial charge in [-0.15, -0.1) is 5.10 Å². The molecule has 5 rings (SSSR count). The van der Waals surface area contributed by atoms with Crippen molar-refractivity contribution in [2.45, 2.75) is 52.3 Å². The van der Waals surface area contributed by atoms with Crippen molar-refractivity contribution in [3.8, 4) is 6.07 Å². The summed E-state index contributed by atoms with van der Waals surface area (Å²) in [6, 6.07) is 13.8.